The van der Waals surface area contributed by atoms with E-state index in [1.807, 2.05) is 30.3 Å². The van der Waals surface area contributed by atoms with Crippen LogP contribution in [-0.2, 0) is 6.42 Å². The van der Waals surface area contributed by atoms with Gasteiger partial charge in [0, 0.05) is 16.9 Å². The van der Waals surface area contributed by atoms with Gasteiger partial charge in [0.05, 0.1) is 10.2 Å². The molecular formula is C23H21N3S2. The molecule has 0 fully saturated rings. The zero-order valence-corrected chi connectivity index (χ0v) is 17.5. The SMILES string of the molecule is CCc1ccccc1NC(=S)Nc1ccc(-c2nc3ccc(C)cc3s2)cc1. The van der Waals surface area contributed by atoms with Gasteiger partial charge in [-0.05, 0) is 79.2 Å². The Morgan fingerprint density at radius 3 is 2.57 bits per heavy atom. The van der Waals surface area contributed by atoms with Crippen LogP contribution in [0.1, 0.15) is 18.1 Å². The molecule has 1 aromatic heterocycles. The van der Waals surface area contributed by atoms with Crippen molar-refractivity contribution >= 4 is 50.3 Å². The van der Waals surface area contributed by atoms with Crippen molar-refractivity contribution < 1.29 is 0 Å². The number of nitrogens with one attached hydrogen (secondary N) is 2. The first-order valence-electron chi connectivity index (χ1n) is 9.26. The quantitative estimate of drug-likeness (QED) is 0.374. The van der Waals surface area contributed by atoms with Gasteiger partial charge in [0.25, 0.3) is 0 Å². The van der Waals surface area contributed by atoms with E-state index in [9.17, 15) is 0 Å². The van der Waals surface area contributed by atoms with Crippen LogP contribution in [0, 0.1) is 6.92 Å². The van der Waals surface area contributed by atoms with Crippen LogP contribution in [0.15, 0.2) is 66.7 Å². The van der Waals surface area contributed by atoms with Gasteiger partial charge in [0.1, 0.15) is 5.01 Å². The van der Waals surface area contributed by atoms with Gasteiger partial charge in [-0.25, -0.2) is 4.98 Å². The Labute approximate surface area is 174 Å². The molecule has 3 nitrogen and oxygen atoms in total. The molecule has 0 aliphatic carbocycles. The van der Waals surface area contributed by atoms with E-state index in [4.69, 9.17) is 17.2 Å². The minimum absolute atomic E-state index is 0.587. The van der Waals surface area contributed by atoms with Gasteiger partial charge in [0.15, 0.2) is 5.11 Å². The summed E-state index contributed by atoms with van der Waals surface area (Å²) in [5.41, 5.74) is 6.66. The molecule has 1 heterocycles. The average molecular weight is 404 g/mol. The van der Waals surface area contributed by atoms with Crippen LogP contribution in [-0.4, -0.2) is 10.1 Å². The van der Waals surface area contributed by atoms with Crippen LogP contribution >= 0.6 is 23.6 Å². The minimum atomic E-state index is 0.587. The molecule has 2 N–H and O–H groups in total. The monoisotopic (exact) mass is 403 g/mol. The Morgan fingerprint density at radius 1 is 1.00 bits per heavy atom. The molecule has 0 saturated carbocycles. The van der Waals surface area contributed by atoms with Gasteiger partial charge in [0.2, 0.25) is 0 Å². The molecule has 0 amide bonds. The highest BCUT2D eigenvalue weighted by molar-refractivity contribution is 7.80. The maximum atomic E-state index is 5.48. The molecule has 4 aromatic rings. The van der Waals surface area contributed by atoms with E-state index in [1.165, 1.54) is 15.8 Å². The molecule has 0 bridgehead atoms. The first-order chi connectivity index (χ1) is 13.6. The molecule has 5 heteroatoms. The number of benzene rings is 3. The molecule has 0 unspecified atom stereocenters. The van der Waals surface area contributed by atoms with E-state index in [0.29, 0.717) is 5.11 Å². The third-order valence-corrected chi connectivity index (χ3v) is 5.85. The lowest BCUT2D eigenvalue weighted by Crippen LogP contribution is -2.19. The fraction of sp³-hybridized carbons (Fsp3) is 0.130. The van der Waals surface area contributed by atoms with Gasteiger partial charge < -0.3 is 10.6 Å². The lowest BCUT2D eigenvalue weighted by Gasteiger charge is -2.13. The van der Waals surface area contributed by atoms with Crippen molar-refractivity contribution in [2.75, 3.05) is 10.6 Å². The fourth-order valence-electron chi connectivity index (χ4n) is 3.09. The molecule has 140 valence electrons. The highest BCUT2D eigenvalue weighted by Gasteiger charge is 2.07. The number of hydrogen-bond acceptors (Lipinski definition) is 3. The fourth-order valence-corrected chi connectivity index (χ4v) is 4.38. The van der Waals surface area contributed by atoms with E-state index in [0.717, 1.165) is 33.9 Å². The number of hydrogen-bond donors (Lipinski definition) is 2. The predicted octanol–water partition coefficient (Wildman–Crippen LogP) is 6.64. The number of aromatic nitrogens is 1. The number of thiocarbonyl (C=S) groups is 1. The van der Waals surface area contributed by atoms with Crippen LogP contribution in [0.3, 0.4) is 0 Å². The molecule has 0 aliphatic heterocycles. The first-order valence-corrected chi connectivity index (χ1v) is 10.5. The van der Waals surface area contributed by atoms with Crippen LogP contribution in [0.5, 0.6) is 0 Å². The Hall–Kier alpha value is -2.76. The first kappa shape index (κ1) is 18.6. The van der Waals surface area contributed by atoms with Crippen LogP contribution in [0.4, 0.5) is 11.4 Å². The largest absolute Gasteiger partial charge is 0.332 e. The van der Waals surface area contributed by atoms with Crippen molar-refractivity contribution in [2.45, 2.75) is 20.3 Å². The highest BCUT2D eigenvalue weighted by Crippen LogP contribution is 2.31. The Kier molecular flexibility index (Phi) is 5.37. The van der Waals surface area contributed by atoms with Crippen molar-refractivity contribution in [1.29, 1.82) is 0 Å². The van der Waals surface area contributed by atoms with Crippen molar-refractivity contribution in [1.82, 2.24) is 4.98 Å². The number of para-hydroxylation sites is 1. The average Bonchev–Trinajstić information content (AvgIpc) is 3.12. The Morgan fingerprint density at radius 2 is 1.79 bits per heavy atom. The summed E-state index contributed by atoms with van der Waals surface area (Å²) in [5, 5.41) is 8.17. The summed E-state index contributed by atoms with van der Waals surface area (Å²) in [6.45, 7) is 4.24. The van der Waals surface area contributed by atoms with Crippen LogP contribution < -0.4 is 10.6 Å². The van der Waals surface area contributed by atoms with E-state index < -0.39 is 0 Å². The van der Waals surface area contributed by atoms with Crippen molar-refractivity contribution in [2.24, 2.45) is 0 Å². The minimum Gasteiger partial charge on any atom is -0.332 e. The second-order valence-electron chi connectivity index (χ2n) is 6.66. The normalized spacial score (nSPS) is 10.8. The molecule has 0 radical (unpaired) electrons. The zero-order chi connectivity index (χ0) is 19.5. The smallest absolute Gasteiger partial charge is 0.175 e. The van der Waals surface area contributed by atoms with Gasteiger partial charge >= 0.3 is 0 Å². The molecule has 4 rings (SSSR count). The summed E-state index contributed by atoms with van der Waals surface area (Å²) in [4.78, 5) is 4.75. The standard InChI is InChI=1S/C23H21N3S2/c1-3-16-6-4-5-7-19(16)26-23(27)24-18-11-9-17(10-12-18)22-25-20-13-8-15(2)14-21(20)28-22/h4-14H,3H2,1-2H3,(H2,24,26,27). The van der Waals surface area contributed by atoms with Gasteiger partial charge in [-0.1, -0.05) is 31.2 Å². The number of thiazole rings is 1. The molecule has 3 aromatic carbocycles. The van der Waals surface area contributed by atoms with Gasteiger partial charge in [-0.15, -0.1) is 11.3 Å². The molecule has 28 heavy (non-hydrogen) atoms. The summed E-state index contributed by atoms with van der Waals surface area (Å²) < 4.78 is 1.22. The van der Waals surface area contributed by atoms with Crippen LogP contribution in [0.2, 0.25) is 0 Å². The number of aryl methyl sites for hydroxylation is 2. The van der Waals surface area contributed by atoms with Gasteiger partial charge in [-0.2, -0.15) is 0 Å². The molecule has 0 spiro atoms. The lowest BCUT2D eigenvalue weighted by atomic mass is 10.1. The van der Waals surface area contributed by atoms with Crippen molar-refractivity contribution in [3.8, 4) is 10.6 Å². The second-order valence-corrected chi connectivity index (χ2v) is 8.10. The highest BCUT2D eigenvalue weighted by atomic mass is 32.1. The number of nitrogens with zero attached hydrogens (tertiary/aromatic N) is 1. The lowest BCUT2D eigenvalue weighted by molar-refractivity contribution is 1.14. The topological polar surface area (TPSA) is 37.0 Å². The third kappa shape index (κ3) is 4.06. The Bertz CT molecular complexity index is 1130. The summed E-state index contributed by atoms with van der Waals surface area (Å²) in [6, 6.07) is 22.8. The number of fused-ring (bicyclic) bond motifs is 1. The predicted molar refractivity (Wildman–Crippen MR) is 125 cm³/mol. The summed E-state index contributed by atoms with van der Waals surface area (Å²) in [6.07, 6.45) is 0.960. The van der Waals surface area contributed by atoms with E-state index in [-0.39, 0.29) is 0 Å². The zero-order valence-electron chi connectivity index (χ0n) is 15.8. The summed E-state index contributed by atoms with van der Waals surface area (Å²) >= 11 is 7.20. The third-order valence-electron chi connectivity index (χ3n) is 4.58. The second kappa shape index (κ2) is 8.09. The van der Waals surface area contributed by atoms with Crippen molar-refractivity contribution in [3.05, 3.63) is 77.9 Å². The molecule has 0 saturated heterocycles. The molecule has 0 atom stereocenters. The maximum Gasteiger partial charge on any atom is 0.175 e. The summed E-state index contributed by atoms with van der Waals surface area (Å²) in [7, 11) is 0. The maximum absolute atomic E-state index is 5.48. The Balaban J connectivity index is 1.47. The number of rotatable bonds is 4. The number of anilines is 2. The van der Waals surface area contributed by atoms with Crippen molar-refractivity contribution in [3.63, 3.8) is 0 Å². The van der Waals surface area contributed by atoms with E-state index >= 15 is 0 Å². The van der Waals surface area contributed by atoms with Gasteiger partial charge in [-0.3, -0.25) is 0 Å². The van der Waals surface area contributed by atoms with E-state index in [1.54, 1.807) is 11.3 Å². The summed E-state index contributed by atoms with van der Waals surface area (Å²) in [5.74, 6) is 0. The van der Waals surface area contributed by atoms with Crippen LogP contribution in [0.25, 0.3) is 20.8 Å². The van der Waals surface area contributed by atoms with E-state index in [2.05, 4.69) is 60.9 Å². The molecular weight excluding hydrogens is 382 g/mol. The molecule has 0 aliphatic rings.